The summed E-state index contributed by atoms with van der Waals surface area (Å²) >= 11 is 0. The number of hydrogen-bond donors (Lipinski definition) is 1. The highest BCUT2D eigenvalue weighted by Crippen LogP contribution is 2.39. The van der Waals surface area contributed by atoms with Gasteiger partial charge >= 0.3 is 0 Å². The molecule has 3 nitrogen and oxygen atoms in total. The van der Waals surface area contributed by atoms with Crippen molar-refractivity contribution in [3.05, 3.63) is 12.3 Å². The van der Waals surface area contributed by atoms with E-state index in [1.165, 1.54) is 0 Å². The molecule has 3 heteroatoms. The molecule has 1 spiro atoms. The van der Waals surface area contributed by atoms with Gasteiger partial charge < -0.3 is 10.2 Å². The summed E-state index contributed by atoms with van der Waals surface area (Å²) in [5, 5.41) is 2.94. The highest BCUT2D eigenvalue weighted by molar-refractivity contribution is 5.85. The van der Waals surface area contributed by atoms with Gasteiger partial charge in [0, 0.05) is 18.8 Å². The van der Waals surface area contributed by atoms with Crippen molar-refractivity contribution >= 4 is 5.91 Å². The van der Waals surface area contributed by atoms with Gasteiger partial charge in [-0.15, -0.1) is 0 Å². The van der Waals surface area contributed by atoms with E-state index in [0.717, 1.165) is 44.6 Å². The molecule has 1 N–H and O–H groups in total. The molecule has 2 saturated heterocycles. The first-order chi connectivity index (χ1) is 7.81. The van der Waals surface area contributed by atoms with E-state index in [1.807, 2.05) is 0 Å². The van der Waals surface area contributed by atoms with Gasteiger partial charge in [0.2, 0.25) is 5.91 Å². The van der Waals surface area contributed by atoms with Crippen molar-refractivity contribution in [1.29, 1.82) is 0 Å². The maximum atomic E-state index is 12.1. The second-order valence-electron chi connectivity index (χ2n) is 6.86. The minimum Gasteiger partial charge on any atom is -0.330 e. The van der Waals surface area contributed by atoms with Crippen LogP contribution in [0.25, 0.3) is 0 Å². The lowest BCUT2D eigenvalue weighted by atomic mass is 9.78. The zero-order chi connectivity index (χ0) is 12.7. The molecule has 0 bridgehead atoms. The Hall–Kier alpha value is -0.830. The molecular weight excluding hydrogens is 212 g/mol. The van der Waals surface area contributed by atoms with Gasteiger partial charge in [0.25, 0.3) is 0 Å². The molecule has 1 unspecified atom stereocenters. The second-order valence-corrected chi connectivity index (χ2v) is 6.86. The first-order valence-electron chi connectivity index (χ1n) is 6.52. The lowest BCUT2D eigenvalue weighted by Gasteiger charge is -2.34. The molecule has 0 saturated carbocycles. The number of amides is 1. The van der Waals surface area contributed by atoms with E-state index in [-0.39, 0.29) is 11.3 Å². The Morgan fingerprint density at radius 1 is 1.41 bits per heavy atom. The van der Waals surface area contributed by atoms with Crippen molar-refractivity contribution in [2.75, 3.05) is 19.6 Å². The van der Waals surface area contributed by atoms with Crippen LogP contribution >= 0.6 is 0 Å². The van der Waals surface area contributed by atoms with E-state index >= 15 is 0 Å². The highest BCUT2D eigenvalue weighted by Gasteiger charge is 2.46. The van der Waals surface area contributed by atoms with E-state index in [9.17, 15) is 4.79 Å². The molecule has 1 amide bonds. The maximum absolute atomic E-state index is 12.1. The van der Waals surface area contributed by atoms with Crippen LogP contribution in [0.4, 0.5) is 0 Å². The largest absolute Gasteiger partial charge is 0.330 e. The Balaban J connectivity index is 2.01. The fraction of sp³-hybridized carbons (Fsp3) is 0.786. The van der Waals surface area contributed by atoms with Crippen molar-refractivity contribution in [2.45, 2.75) is 40.0 Å². The van der Waals surface area contributed by atoms with Gasteiger partial charge in [-0.2, -0.15) is 0 Å². The number of likely N-dealkylation sites (tertiary alicyclic amines) is 1. The summed E-state index contributed by atoms with van der Waals surface area (Å²) in [4.78, 5) is 14.6. The summed E-state index contributed by atoms with van der Waals surface area (Å²) in [6.07, 6.45) is 2.91. The number of nitrogens with one attached hydrogen (secondary N) is 1. The van der Waals surface area contributed by atoms with Gasteiger partial charge in [-0.1, -0.05) is 27.4 Å². The summed E-state index contributed by atoms with van der Waals surface area (Å²) < 4.78 is 0. The monoisotopic (exact) mass is 236 g/mol. The maximum Gasteiger partial charge on any atom is 0.231 e. The Kier molecular flexibility index (Phi) is 3.06. The molecule has 0 aliphatic carbocycles. The normalized spacial score (nSPS) is 31.0. The molecule has 0 aromatic heterocycles. The van der Waals surface area contributed by atoms with Crippen LogP contribution in [0.15, 0.2) is 12.3 Å². The van der Waals surface area contributed by atoms with Crippen molar-refractivity contribution in [1.82, 2.24) is 10.2 Å². The van der Waals surface area contributed by atoms with Gasteiger partial charge in [0.15, 0.2) is 0 Å². The first kappa shape index (κ1) is 12.6. The lowest BCUT2D eigenvalue weighted by molar-refractivity contribution is -0.131. The first-order valence-corrected chi connectivity index (χ1v) is 6.52. The molecule has 0 aromatic rings. The van der Waals surface area contributed by atoms with Gasteiger partial charge in [-0.3, -0.25) is 4.79 Å². The summed E-state index contributed by atoms with van der Waals surface area (Å²) in [6, 6.07) is 0. The minimum absolute atomic E-state index is 0.132. The topological polar surface area (TPSA) is 32.3 Å². The molecule has 2 rings (SSSR count). The number of carbonyl (C=O) groups excluding carboxylic acids is 1. The van der Waals surface area contributed by atoms with Crippen molar-refractivity contribution < 1.29 is 4.79 Å². The zero-order valence-corrected chi connectivity index (χ0v) is 11.3. The third-order valence-corrected chi connectivity index (χ3v) is 3.81. The van der Waals surface area contributed by atoms with Crippen molar-refractivity contribution in [2.24, 2.45) is 10.8 Å². The smallest absolute Gasteiger partial charge is 0.231 e. The molecule has 2 heterocycles. The predicted molar refractivity (Wildman–Crippen MR) is 69.5 cm³/mol. The Morgan fingerprint density at radius 2 is 2.12 bits per heavy atom. The van der Waals surface area contributed by atoms with Crippen LogP contribution in [-0.4, -0.2) is 30.4 Å². The Labute approximate surface area is 104 Å². The average Bonchev–Trinajstić information content (AvgIpc) is 2.55. The van der Waals surface area contributed by atoms with Crippen LogP contribution in [0.3, 0.4) is 0 Å². The van der Waals surface area contributed by atoms with Crippen molar-refractivity contribution in [3.63, 3.8) is 0 Å². The van der Waals surface area contributed by atoms with Crippen LogP contribution in [0, 0.1) is 10.8 Å². The van der Waals surface area contributed by atoms with Gasteiger partial charge in [0.1, 0.15) is 0 Å². The molecular formula is C14H24N2O. The summed E-state index contributed by atoms with van der Waals surface area (Å²) in [6.45, 7) is 13.6. The van der Waals surface area contributed by atoms with Gasteiger partial charge in [-0.05, 0) is 31.2 Å². The molecule has 2 aliphatic rings. The van der Waals surface area contributed by atoms with Crippen LogP contribution < -0.4 is 5.32 Å². The molecule has 96 valence electrons. The van der Waals surface area contributed by atoms with E-state index in [0.29, 0.717) is 5.41 Å². The van der Waals surface area contributed by atoms with E-state index in [1.54, 1.807) is 0 Å². The van der Waals surface area contributed by atoms with E-state index in [4.69, 9.17) is 0 Å². The second kappa shape index (κ2) is 4.13. The Bertz CT molecular complexity index is 343. The van der Waals surface area contributed by atoms with Crippen LogP contribution in [-0.2, 0) is 4.79 Å². The quantitative estimate of drug-likeness (QED) is 0.756. The number of rotatable bonds is 1. The third-order valence-electron chi connectivity index (χ3n) is 3.81. The van der Waals surface area contributed by atoms with Gasteiger partial charge in [-0.25, -0.2) is 0 Å². The van der Waals surface area contributed by atoms with Gasteiger partial charge in [0.05, 0.1) is 5.41 Å². The van der Waals surface area contributed by atoms with Crippen LogP contribution in [0.2, 0.25) is 0 Å². The third kappa shape index (κ3) is 2.71. The molecule has 2 fully saturated rings. The number of carbonyl (C=O) groups is 1. The van der Waals surface area contributed by atoms with Crippen LogP contribution in [0.5, 0.6) is 0 Å². The number of nitrogens with zero attached hydrogens (tertiary/aromatic N) is 1. The number of hydrogen-bond acceptors (Lipinski definition) is 2. The van der Waals surface area contributed by atoms with Crippen LogP contribution in [0.1, 0.15) is 40.0 Å². The highest BCUT2D eigenvalue weighted by atomic mass is 16.2. The summed E-state index contributed by atoms with van der Waals surface area (Å²) in [5.41, 5.74) is 1.06. The fourth-order valence-electron chi connectivity index (χ4n) is 3.01. The summed E-state index contributed by atoms with van der Waals surface area (Å²) in [5.74, 6) is 0.199. The van der Waals surface area contributed by atoms with E-state index in [2.05, 4.69) is 37.6 Å². The molecule has 0 aromatic carbocycles. The van der Waals surface area contributed by atoms with E-state index < -0.39 is 0 Å². The average molecular weight is 236 g/mol. The standard InChI is InChI=1S/C14H24N2O/c1-11-5-6-14(12(17)15-11)7-8-16(10-14)9-13(2,3)4/h1,5-10H2,2-4H3,(H,15,17). The predicted octanol–water partition coefficient (Wildman–Crippen LogP) is 2.15. The zero-order valence-electron chi connectivity index (χ0n) is 11.3. The molecule has 0 radical (unpaired) electrons. The molecule has 2 aliphatic heterocycles. The SMILES string of the molecule is C=C1CCC2(CCN(CC(C)(C)C)C2)C(=O)N1. The van der Waals surface area contributed by atoms with Crippen molar-refractivity contribution in [3.8, 4) is 0 Å². The minimum atomic E-state index is -0.132. The Morgan fingerprint density at radius 3 is 2.71 bits per heavy atom. The lowest BCUT2D eigenvalue weighted by Crippen LogP contribution is -2.46. The number of allylic oxidation sites excluding steroid dienone is 1. The molecule has 17 heavy (non-hydrogen) atoms. The summed E-state index contributed by atoms with van der Waals surface area (Å²) in [7, 11) is 0. The fourth-order valence-corrected chi connectivity index (χ4v) is 3.01. The molecule has 1 atom stereocenters. The number of piperidine rings is 1.